The van der Waals surface area contributed by atoms with Crippen LogP contribution in [0.25, 0.3) is 0 Å². The van der Waals surface area contributed by atoms with E-state index in [-0.39, 0.29) is 6.61 Å². The van der Waals surface area contributed by atoms with Gasteiger partial charge < -0.3 is 9.67 Å². The van der Waals surface area contributed by atoms with Crippen LogP contribution in [0.1, 0.15) is 6.42 Å². The molecule has 0 spiro atoms. The summed E-state index contributed by atoms with van der Waals surface area (Å²) in [6.45, 7) is 0.793. The van der Waals surface area contributed by atoms with Crippen LogP contribution in [0.15, 0.2) is 6.33 Å². The molecule has 0 saturated heterocycles. The fourth-order valence-corrected chi connectivity index (χ4v) is 1.07. The third-order valence-electron chi connectivity index (χ3n) is 1.29. The molecule has 3 nitrogen and oxygen atoms in total. The first-order valence-corrected chi connectivity index (χ1v) is 3.98. The molecule has 0 atom stereocenters. The maximum atomic E-state index is 8.52. The van der Waals surface area contributed by atoms with Crippen LogP contribution in [0.5, 0.6) is 0 Å². The molecule has 0 amide bonds. The third kappa shape index (κ3) is 2.09. The van der Waals surface area contributed by atoms with Crippen molar-refractivity contribution >= 4 is 23.2 Å². The van der Waals surface area contributed by atoms with E-state index in [2.05, 4.69) is 4.98 Å². The van der Waals surface area contributed by atoms with E-state index in [4.69, 9.17) is 28.3 Å². The van der Waals surface area contributed by atoms with Gasteiger partial charge in [-0.25, -0.2) is 4.98 Å². The SMILES string of the molecule is OCCCn1cnc(Cl)c1Cl. The Hall–Kier alpha value is -0.250. The largest absolute Gasteiger partial charge is 0.396 e. The summed E-state index contributed by atoms with van der Waals surface area (Å²) in [4.78, 5) is 3.78. The molecule has 1 heterocycles. The molecule has 0 unspecified atom stereocenters. The number of aromatic nitrogens is 2. The summed E-state index contributed by atoms with van der Waals surface area (Å²) in [5.74, 6) is 0. The zero-order chi connectivity index (χ0) is 8.27. The highest BCUT2D eigenvalue weighted by atomic mass is 35.5. The van der Waals surface area contributed by atoms with Crippen LogP contribution < -0.4 is 0 Å². The summed E-state index contributed by atoms with van der Waals surface area (Å²) in [6, 6.07) is 0. The van der Waals surface area contributed by atoms with E-state index in [1.165, 1.54) is 0 Å². The Bertz CT molecular complexity index is 236. The van der Waals surface area contributed by atoms with E-state index in [0.29, 0.717) is 23.3 Å². The van der Waals surface area contributed by atoms with E-state index in [9.17, 15) is 0 Å². The standard InChI is InChI=1S/C6H8Cl2N2O/c7-5-6(8)10(4-9-5)2-1-3-11/h4,11H,1-3H2. The molecule has 0 aromatic carbocycles. The molecular formula is C6H8Cl2N2O. The minimum atomic E-state index is 0.145. The predicted molar refractivity (Wildman–Crippen MR) is 43.9 cm³/mol. The number of hydrogen-bond acceptors (Lipinski definition) is 2. The maximum Gasteiger partial charge on any atom is 0.166 e. The number of rotatable bonds is 3. The van der Waals surface area contributed by atoms with Gasteiger partial charge in [-0.15, -0.1) is 0 Å². The van der Waals surface area contributed by atoms with Crippen LogP contribution >= 0.6 is 23.2 Å². The highest BCUT2D eigenvalue weighted by Gasteiger charge is 2.04. The van der Waals surface area contributed by atoms with Crippen molar-refractivity contribution in [2.45, 2.75) is 13.0 Å². The first kappa shape index (κ1) is 8.84. The van der Waals surface area contributed by atoms with Crippen molar-refractivity contribution in [1.29, 1.82) is 0 Å². The molecule has 0 radical (unpaired) electrons. The Morgan fingerprint density at radius 1 is 1.55 bits per heavy atom. The summed E-state index contributed by atoms with van der Waals surface area (Å²) >= 11 is 11.3. The van der Waals surface area contributed by atoms with Gasteiger partial charge in [0.1, 0.15) is 5.15 Å². The molecule has 0 aliphatic carbocycles. The molecule has 1 N–H and O–H groups in total. The molecule has 5 heteroatoms. The molecule has 0 aliphatic rings. The highest BCUT2D eigenvalue weighted by molar-refractivity contribution is 6.40. The maximum absolute atomic E-state index is 8.52. The minimum absolute atomic E-state index is 0.145. The van der Waals surface area contributed by atoms with Gasteiger partial charge in [0.25, 0.3) is 0 Å². The molecule has 1 rings (SSSR count). The summed E-state index contributed by atoms with van der Waals surface area (Å²) in [5.41, 5.74) is 0. The van der Waals surface area contributed by atoms with Crippen LogP contribution in [0.3, 0.4) is 0 Å². The van der Waals surface area contributed by atoms with E-state index in [1.807, 2.05) is 0 Å². The van der Waals surface area contributed by atoms with Crippen molar-refractivity contribution < 1.29 is 5.11 Å². The van der Waals surface area contributed by atoms with E-state index >= 15 is 0 Å². The smallest absolute Gasteiger partial charge is 0.166 e. The number of aryl methyl sites for hydroxylation is 1. The fourth-order valence-electron chi connectivity index (χ4n) is 0.740. The number of aliphatic hydroxyl groups is 1. The van der Waals surface area contributed by atoms with Crippen molar-refractivity contribution in [1.82, 2.24) is 9.55 Å². The summed E-state index contributed by atoms with van der Waals surface area (Å²) in [7, 11) is 0. The average molecular weight is 195 g/mol. The molecule has 11 heavy (non-hydrogen) atoms. The number of hydrogen-bond donors (Lipinski definition) is 1. The summed E-state index contributed by atoms with van der Waals surface area (Å²) in [5, 5.41) is 9.26. The second-order valence-corrected chi connectivity index (χ2v) is 2.81. The lowest BCUT2D eigenvalue weighted by molar-refractivity contribution is 0.280. The topological polar surface area (TPSA) is 38.0 Å². The average Bonchev–Trinajstić information content (AvgIpc) is 2.31. The van der Waals surface area contributed by atoms with Gasteiger partial charge in [-0.3, -0.25) is 0 Å². The number of aliphatic hydroxyl groups excluding tert-OH is 1. The normalized spacial score (nSPS) is 10.5. The van der Waals surface area contributed by atoms with Gasteiger partial charge in [-0.2, -0.15) is 0 Å². The van der Waals surface area contributed by atoms with Crippen molar-refractivity contribution in [3.63, 3.8) is 0 Å². The van der Waals surface area contributed by atoms with Crippen LogP contribution in [0.4, 0.5) is 0 Å². The Balaban J connectivity index is 2.63. The Morgan fingerprint density at radius 3 is 2.73 bits per heavy atom. The zero-order valence-electron chi connectivity index (χ0n) is 5.80. The number of nitrogens with zero attached hydrogens (tertiary/aromatic N) is 2. The molecule has 1 aromatic heterocycles. The van der Waals surface area contributed by atoms with Gasteiger partial charge in [-0.05, 0) is 6.42 Å². The van der Waals surface area contributed by atoms with Crippen LogP contribution in [-0.2, 0) is 6.54 Å². The summed E-state index contributed by atoms with van der Waals surface area (Å²) < 4.78 is 1.69. The van der Waals surface area contributed by atoms with Crippen molar-refractivity contribution in [2.24, 2.45) is 0 Å². The second kappa shape index (κ2) is 3.95. The second-order valence-electron chi connectivity index (χ2n) is 2.10. The van der Waals surface area contributed by atoms with Gasteiger partial charge in [0.15, 0.2) is 5.15 Å². The quantitative estimate of drug-likeness (QED) is 0.794. The van der Waals surface area contributed by atoms with Crippen molar-refractivity contribution in [3.8, 4) is 0 Å². The van der Waals surface area contributed by atoms with Crippen molar-refractivity contribution in [2.75, 3.05) is 6.61 Å². The fraction of sp³-hybridized carbons (Fsp3) is 0.500. The molecular weight excluding hydrogens is 187 g/mol. The third-order valence-corrected chi connectivity index (χ3v) is 2.06. The van der Waals surface area contributed by atoms with Crippen LogP contribution in [0.2, 0.25) is 10.3 Å². The van der Waals surface area contributed by atoms with Gasteiger partial charge in [0.05, 0.1) is 6.33 Å². The summed E-state index contributed by atoms with van der Waals surface area (Å²) in [6.07, 6.45) is 2.22. The predicted octanol–water partition coefficient (Wildman–Crippen LogP) is 1.57. The Labute approximate surface area is 74.6 Å². The first-order valence-electron chi connectivity index (χ1n) is 3.22. The minimum Gasteiger partial charge on any atom is -0.396 e. The van der Waals surface area contributed by atoms with E-state index in [0.717, 1.165) is 0 Å². The van der Waals surface area contributed by atoms with Crippen LogP contribution in [0, 0.1) is 0 Å². The molecule has 0 bridgehead atoms. The molecule has 1 aromatic rings. The monoisotopic (exact) mass is 194 g/mol. The first-order chi connectivity index (χ1) is 5.25. The van der Waals surface area contributed by atoms with Crippen molar-refractivity contribution in [3.05, 3.63) is 16.6 Å². The Kier molecular flexibility index (Phi) is 3.17. The molecule has 62 valence electrons. The van der Waals surface area contributed by atoms with Gasteiger partial charge in [0.2, 0.25) is 0 Å². The molecule has 0 saturated carbocycles. The molecule has 0 aliphatic heterocycles. The number of imidazole rings is 1. The van der Waals surface area contributed by atoms with E-state index < -0.39 is 0 Å². The lowest BCUT2D eigenvalue weighted by atomic mass is 10.4. The lowest BCUT2D eigenvalue weighted by Crippen LogP contribution is -1.98. The number of halogens is 2. The highest BCUT2D eigenvalue weighted by Crippen LogP contribution is 2.19. The molecule has 0 fully saturated rings. The van der Waals surface area contributed by atoms with Gasteiger partial charge in [0, 0.05) is 13.2 Å². The Morgan fingerprint density at radius 2 is 2.27 bits per heavy atom. The van der Waals surface area contributed by atoms with Gasteiger partial charge in [-0.1, -0.05) is 23.2 Å². The lowest BCUT2D eigenvalue weighted by Gasteiger charge is -1.99. The van der Waals surface area contributed by atoms with Gasteiger partial charge >= 0.3 is 0 Å². The zero-order valence-corrected chi connectivity index (χ0v) is 7.31. The van der Waals surface area contributed by atoms with E-state index in [1.54, 1.807) is 10.9 Å². The van der Waals surface area contributed by atoms with Crippen LogP contribution in [-0.4, -0.2) is 21.3 Å².